The summed E-state index contributed by atoms with van der Waals surface area (Å²) in [4.78, 5) is 16.2. The van der Waals surface area contributed by atoms with Crippen LogP contribution in [0.25, 0.3) is 17.2 Å². The summed E-state index contributed by atoms with van der Waals surface area (Å²) in [6.45, 7) is 8.35. The molecule has 0 radical (unpaired) electrons. The Morgan fingerprint density at radius 1 is 1.15 bits per heavy atom. The summed E-state index contributed by atoms with van der Waals surface area (Å²) in [5.74, 6) is -0.719. The van der Waals surface area contributed by atoms with Gasteiger partial charge in [0.15, 0.2) is 17.3 Å². The number of hydrogen-bond acceptors (Lipinski definition) is 11. The van der Waals surface area contributed by atoms with Gasteiger partial charge in [-0.25, -0.2) is 32.8 Å². The van der Waals surface area contributed by atoms with Crippen molar-refractivity contribution in [3.63, 3.8) is 0 Å². The molecule has 0 aliphatic rings. The van der Waals surface area contributed by atoms with Crippen molar-refractivity contribution in [3.8, 4) is 17.4 Å². The number of aliphatic imine (C=N–C) groups is 1. The predicted molar refractivity (Wildman–Crippen MR) is 143 cm³/mol. The molecule has 39 heavy (non-hydrogen) atoms. The van der Waals surface area contributed by atoms with Crippen LogP contribution in [-0.4, -0.2) is 71.4 Å². The van der Waals surface area contributed by atoms with E-state index in [9.17, 15) is 12.8 Å². The molecule has 2 atom stereocenters. The van der Waals surface area contributed by atoms with E-state index < -0.39 is 27.0 Å². The van der Waals surface area contributed by atoms with E-state index in [1.807, 2.05) is 0 Å². The van der Waals surface area contributed by atoms with Crippen molar-refractivity contribution in [2.45, 2.75) is 31.9 Å². The van der Waals surface area contributed by atoms with Crippen LogP contribution in [0.1, 0.15) is 32.5 Å². The Bertz CT molecular complexity index is 1490. The molecule has 208 valence electrons. The third-order valence-electron chi connectivity index (χ3n) is 5.78. The molecular weight excluding hydrogens is 531 g/mol. The summed E-state index contributed by atoms with van der Waals surface area (Å²) in [6, 6.07) is 4.98. The molecule has 0 saturated carbocycles. The van der Waals surface area contributed by atoms with Gasteiger partial charge in [0.25, 0.3) is 0 Å². The molecule has 0 bridgehead atoms. The highest BCUT2D eigenvalue weighted by Crippen LogP contribution is 2.33. The largest absolute Gasteiger partial charge is 0.495 e. The van der Waals surface area contributed by atoms with E-state index in [0.29, 0.717) is 11.6 Å². The molecule has 13 nitrogen and oxygen atoms in total. The number of anilines is 1. The first-order valence-electron chi connectivity index (χ1n) is 11.5. The fourth-order valence-electron chi connectivity index (χ4n) is 3.54. The minimum atomic E-state index is -4.15. The standard InChI is InChI=1S/C24H29FN8O5S/c1-8-18(36-5)20(23(26-4)38-7)33-22(17-10-9-11-19(29-17)37-6)30-31-24(33)32-39(34,35)15(3)14(2)21-27-12-16(25)13-28-21/h8-15H,4H2,1-3,5-7H3,(H,31,32)/b18-8+,23-20-/t14-,15-/m0/s1. The van der Waals surface area contributed by atoms with Gasteiger partial charge in [0.05, 0.1) is 39.0 Å². The van der Waals surface area contributed by atoms with Gasteiger partial charge in [-0.1, -0.05) is 13.0 Å². The van der Waals surface area contributed by atoms with Crippen molar-refractivity contribution in [1.29, 1.82) is 0 Å². The van der Waals surface area contributed by atoms with Crippen molar-refractivity contribution in [1.82, 2.24) is 29.7 Å². The number of allylic oxidation sites excluding steroid dienone is 2. The van der Waals surface area contributed by atoms with Gasteiger partial charge in [0, 0.05) is 12.0 Å². The molecule has 0 amide bonds. The molecule has 15 heteroatoms. The van der Waals surface area contributed by atoms with Crippen LogP contribution in [-0.2, 0) is 19.5 Å². The molecular formula is C24H29FN8O5S. The highest BCUT2D eigenvalue weighted by atomic mass is 32.2. The van der Waals surface area contributed by atoms with E-state index in [1.54, 1.807) is 38.1 Å². The second kappa shape index (κ2) is 12.4. The molecule has 0 aliphatic carbocycles. The Labute approximate surface area is 225 Å². The van der Waals surface area contributed by atoms with Gasteiger partial charge in [0.2, 0.25) is 27.7 Å². The second-order valence-corrected chi connectivity index (χ2v) is 10.1. The maximum atomic E-state index is 13.5. The first-order chi connectivity index (χ1) is 18.6. The van der Waals surface area contributed by atoms with E-state index in [-0.39, 0.29) is 34.9 Å². The average molecular weight is 561 g/mol. The van der Waals surface area contributed by atoms with E-state index in [0.717, 1.165) is 12.4 Å². The minimum Gasteiger partial charge on any atom is -0.495 e. The number of methoxy groups -OCH3 is 3. The number of hydrogen-bond donors (Lipinski definition) is 1. The van der Waals surface area contributed by atoms with Gasteiger partial charge in [0.1, 0.15) is 17.3 Å². The Morgan fingerprint density at radius 3 is 2.41 bits per heavy atom. The van der Waals surface area contributed by atoms with E-state index >= 15 is 0 Å². The first kappa shape index (κ1) is 29.2. The van der Waals surface area contributed by atoms with Gasteiger partial charge < -0.3 is 14.2 Å². The van der Waals surface area contributed by atoms with E-state index in [4.69, 9.17) is 14.2 Å². The Kier molecular flexibility index (Phi) is 9.29. The summed E-state index contributed by atoms with van der Waals surface area (Å²) >= 11 is 0. The topological polar surface area (TPSA) is 156 Å². The quantitative estimate of drug-likeness (QED) is 0.198. The number of nitrogens with one attached hydrogen (secondary N) is 1. The summed E-state index contributed by atoms with van der Waals surface area (Å²) in [5, 5.41) is 7.25. The van der Waals surface area contributed by atoms with Crippen LogP contribution in [0, 0.1) is 5.82 Å². The highest BCUT2D eigenvalue weighted by Gasteiger charge is 2.33. The second-order valence-electron chi connectivity index (χ2n) is 8.02. The van der Waals surface area contributed by atoms with Gasteiger partial charge >= 0.3 is 0 Å². The molecule has 1 N–H and O–H groups in total. The molecule has 0 aliphatic heterocycles. The zero-order valence-electron chi connectivity index (χ0n) is 22.3. The van der Waals surface area contributed by atoms with Crippen molar-refractivity contribution in [3.05, 3.63) is 60.0 Å². The summed E-state index contributed by atoms with van der Waals surface area (Å²) < 4.78 is 60.4. The monoisotopic (exact) mass is 560 g/mol. The van der Waals surface area contributed by atoms with Crippen LogP contribution in [0.3, 0.4) is 0 Å². The SMILES string of the molecule is C=N/C(OC)=C(\C(=C/C)OC)n1c(NS(=O)(=O)[C@@H](C)[C@H](C)c2ncc(F)cn2)nnc1-c1cccc(OC)n1. The van der Waals surface area contributed by atoms with Crippen molar-refractivity contribution >= 4 is 28.4 Å². The lowest BCUT2D eigenvalue weighted by Crippen LogP contribution is -2.31. The van der Waals surface area contributed by atoms with Gasteiger partial charge in [-0.2, -0.15) is 0 Å². The van der Waals surface area contributed by atoms with Crippen molar-refractivity contribution in [2.75, 3.05) is 26.1 Å². The van der Waals surface area contributed by atoms with E-state index in [1.165, 1.54) is 32.8 Å². The number of halogens is 1. The lowest BCUT2D eigenvalue weighted by molar-refractivity contribution is 0.275. The number of sulfonamides is 1. The summed E-state index contributed by atoms with van der Waals surface area (Å²) in [7, 11) is 0.111. The molecule has 0 unspecified atom stereocenters. The summed E-state index contributed by atoms with van der Waals surface area (Å²) in [5.41, 5.74) is 0.458. The van der Waals surface area contributed by atoms with Crippen molar-refractivity contribution < 1.29 is 27.0 Å². The molecule has 3 aromatic rings. The molecule has 0 aromatic carbocycles. The minimum absolute atomic E-state index is 0.00419. The molecule has 3 heterocycles. The Morgan fingerprint density at radius 2 is 1.85 bits per heavy atom. The van der Waals surface area contributed by atoms with Gasteiger partial charge in [-0.3, -0.25) is 9.29 Å². The van der Waals surface area contributed by atoms with Gasteiger partial charge in [-0.15, -0.1) is 10.2 Å². The number of nitrogens with zero attached hydrogens (tertiary/aromatic N) is 7. The number of rotatable bonds is 12. The van der Waals surface area contributed by atoms with Crippen LogP contribution in [0.2, 0.25) is 0 Å². The van der Waals surface area contributed by atoms with Crippen molar-refractivity contribution in [2.24, 2.45) is 4.99 Å². The Balaban J connectivity index is 2.21. The highest BCUT2D eigenvalue weighted by molar-refractivity contribution is 7.93. The van der Waals surface area contributed by atoms with Crippen LogP contribution in [0.15, 0.2) is 53.3 Å². The lowest BCUT2D eigenvalue weighted by atomic mass is 10.1. The molecule has 3 aromatic heterocycles. The number of pyridine rings is 1. The van der Waals surface area contributed by atoms with Crippen LogP contribution < -0.4 is 9.46 Å². The normalized spacial score (nSPS) is 14.2. The van der Waals surface area contributed by atoms with E-state index in [2.05, 4.69) is 41.6 Å². The average Bonchev–Trinajstić information content (AvgIpc) is 3.35. The number of ether oxygens (including phenoxy) is 3. The van der Waals surface area contributed by atoms with Gasteiger partial charge in [-0.05, 0) is 32.7 Å². The zero-order valence-corrected chi connectivity index (χ0v) is 23.1. The lowest BCUT2D eigenvalue weighted by Gasteiger charge is -2.21. The third kappa shape index (κ3) is 6.19. The Hall–Kier alpha value is -4.40. The van der Waals surface area contributed by atoms with Crippen LogP contribution in [0.5, 0.6) is 5.88 Å². The smallest absolute Gasteiger partial charge is 0.243 e. The third-order valence-corrected chi connectivity index (χ3v) is 7.63. The predicted octanol–water partition coefficient (Wildman–Crippen LogP) is 3.24. The zero-order chi connectivity index (χ0) is 28.7. The fourth-order valence-corrected chi connectivity index (χ4v) is 4.77. The van der Waals surface area contributed by atoms with Crippen LogP contribution >= 0.6 is 0 Å². The maximum absolute atomic E-state index is 13.5. The number of aromatic nitrogens is 6. The molecule has 0 spiro atoms. The summed E-state index contributed by atoms with van der Waals surface area (Å²) in [6.07, 6.45) is 3.58. The fraction of sp³-hybridized carbons (Fsp3) is 0.333. The molecule has 3 rings (SSSR count). The van der Waals surface area contributed by atoms with Crippen LogP contribution in [0.4, 0.5) is 10.3 Å². The molecule has 0 saturated heterocycles. The first-order valence-corrected chi connectivity index (χ1v) is 13.1. The molecule has 0 fully saturated rings. The maximum Gasteiger partial charge on any atom is 0.243 e.